The highest BCUT2D eigenvalue weighted by molar-refractivity contribution is 5.96. The van der Waals surface area contributed by atoms with Gasteiger partial charge < -0.3 is 20.4 Å². The predicted molar refractivity (Wildman–Crippen MR) is 149 cm³/mol. The van der Waals surface area contributed by atoms with Gasteiger partial charge in [-0.15, -0.1) is 0 Å². The number of nitrogens with one attached hydrogen (secondary N) is 3. The Morgan fingerprint density at radius 3 is 2.47 bits per heavy atom. The first-order chi connectivity index (χ1) is 18.4. The van der Waals surface area contributed by atoms with Crippen molar-refractivity contribution in [3.8, 4) is 11.3 Å². The van der Waals surface area contributed by atoms with Gasteiger partial charge in [0.1, 0.15) is 17.5 Å². The molecule has 0 bridgehead atoms. The average Bonchev–Trinajstić information content (AvgIpc) is 3.52. The maximum atomic E-state index is 13.2. The number of hydrogen-bond acceptors (Lipinski definition) is 4. The molecule has 8 heteroatoms. The molecule has 8 nitrogen and oxygen atoms in total. The number of amides is 2. The van der Waals surface area contributed by atoms with Crippen LogP contribution in [0.4, 0.5) is 0 Å². The fourth-order valence-electron chi connectivity index (χ4n) is 4.68. The van der Waals surface area contributed by atoms with Gasteiger partial charge >= 0.3 is 0 Å². The van der Waals surface area contributed by atoms with Gasteiger partial charge in [-0.05, 0) is 49.4 Å². The molecular weight excluding hydrogens is 478 g/mol. The van der Waals surface area contributed by atoms with E-state index < -0.39 is 6.04 Å². The summed E-state index contributed by atoms with van der Waals surface area (Å²) in [6, 6.07) is 19.3. The SMILES string of the molecule is CC(=O)CCCCC[C@H](NC(=O)c1ccn(C)n1)C(=O)NCCc1c(-c2ccccc2)[nH]c2ccccc12. The fraction of sp³-hybridized carbons (Fsp3) is 0.333. The van der Waals surface area contributed by atoms with Crippen LogP contribution in [0.1, 0.15) is 55.1 Å². The van der Waals surface area contributed by atoms with Crippen molar-refractivity contribution in [2.24, 2.45) is 7.05 Å². The number of para-hydroxylation sites is 1. The van der Waals surface area contributed by atoms with E-state index in [-0.39, 0.29) is 23.3 Å². The fourth-order valence-corrected chi connectivity index (χ4v) is 4.68. The number of Topliss-reactive ketones (excluding diaryl/α,β-unsaturated/α-hetero) is 1. The van der Waals surface area contributed by atoms with Crippen molar-refractivity contribution in [2.45, 2.75) is 51.5 Å². The van der Waals surface area contributed by atoms with Gasteiger partial charge in [0, 0.05) is 42.8 Å². The van der Waals surface area contributed by atoms with Gasteiger partial charge in [-0.3, -0.25) is 14.3 Å². The van der Waals surface area contributed by atoms with Crippen molar-refractivity contribution in [2.75, 3.05) is 6.54 Å². The van der Waals surface area contributed by atoms with Gasteiger partial charge in [-0.2, -0.15) is 5.10 Å². The van der Waals surface area contributed by atoms with Crippen molar-refractivity contribution < 1.29 is 14.4 Å². The van der Waals surface area contributed by atoms with E-state index in [1.54, 1.807) is 30.9 Å². The molecule has 4 aromatic rings. The molecule has 198 valence electrons. The Bertz CT molecular complexity index is 1390. The number of fused-ring (bicyclic) bond motifs is 1. The number of carbonyl (C=O) groups excluding carboxylic acids is 3. The van der Waals surface area contributed by atoms with E-state index in [0.717, 1.165) is 47.0 Å². The minimum atomic E-state index is -0.682. The first kappa shape index (κ1) is 26.9. The monoisotopic (exact) mass is 513 g/mol. The predicted octanol–water partition coefficient (Wildman–Crippen LogP) is 4.57. The summed E-state index contributed by atoms with van der Waals surface area (Å²) in [6.45, 7) is 2.01. The van der Waals surface area contributed by atoms with Gasteiger partial charge in [-0.1, -0.05) is 61.4 Å². The van der Waals surface area contributed by atoms with Crippen LogP contribution in [0.3, 0.4) is 0 Å². The van der Waals surface area contributed by atoms with Crippen LogP contribution in [0.2, 0.25) is 0 Å². The maximum Gasteiger partial charge on any atom is 0.272 e. The second kappa shape index (κ2) is 12.9. The molecule has 0 spiro atoms. The summed E-state index contributed by atoms with van der Waals surface area (Å²) in [5.74, 6) is -0.436. The van der Waals surface area contributed by atoms with E-state index in [9.17, 15) is 14.4 Å². The quantitative estimate of drug-likeness (QED) is 0.228. The molecule has 0 saturated heterocycles. The molecule has 0 fully saturated rings. The van der Waals surface area contributed by atoms with E-state index in [1.165, 1.54) is 0 Å². The van der Waals surface area contributed by atoms with Crippen LogP contribution in [0, 0.1) is 0 Å². The van der Waals surface area contributed by atoms with Crippen molar-refractivity contribution in [3.05, 3.63) is 78.1 Å². The Kier molecular flexibility index (Phi) is 9.08. The van der Waals surface area contributed by atoms with Crippen LogP contribution in [0.15, 0.2) is 66.9 Å². The number of benzene rings is 2. The molecule has 1 atom stereocenters. The minimum absolute atomic E-state index is 0.162. The van der Waals surface area contributed by atoms with Crippen LogP contribution in [0.5, 0.6) is 0 Å². The van der Waals surface area contributed by atoms with Gasteiger partial charge in [0.25, 0.3) is 5.91 Å². The van der Waals surface area contributed by atoms with Gasteiger partial charge in [0.05, 0.1) is 0 Å². The molecule has 3 N–H and O–H groups in total. The third-order valence-corrected chi connectivity index (χ3v) is 6.64. The van der Waals surface area contributed by atoms with Crippen LogP contribution < -0.4 is 10.6 Å². The number of hydrogen-bond donors (Lipinski definition) is 3. The molecule has 2 amide bonds. The standard InChI is InChI=1S/C30H35N5O3/c1-21(36)11-5-3-8-16-26(33-30(38)27-18-20-35(2)34-27)29(37)31-19-17-24-23-14-9-10-15-25(23)32-28(24)22-12-6-4-7-13-22/h4,6-7,9-10,12-15,18,20,26,32H,3,5,8,11,16-17,19H2,1-2H3,(H,31,37)(H,33,38)/t26-/m0/s1. The summed E-state index contributed by atoms with van der Waals surface area (Å²) in [5.41, 5.74) is 4.61. The Labute approximate surface area is 222 Å². The number of aromatic amines is 1. The lowest BCUT2D eigenvalue weighted by atomic mass is 10.0. The van der Waals surface area contributed by atoms with E-state index in [2.05, 4.69) is 45.0 Å². The number of aromatic nitrogens is 3. The molecule has 0 radical (unpaired) electrons. The smallest absolute Gasteiger partial charge is 0.272 e. The molecule has 0 saturated carbocycles. The number of aryl methyl sites for hydroxylation is 1. The average molecular weight is 514 g/mol. The second-order valence-corrected chi connectivity index (χ2v) is 9.63. The number of nitrogens with zero attached hydrogens (tertiary/aromatic N) is 2. The molecule has 2 aromatic heterocycles. The molecule has 2 aromatic carbocycles. The van der Waals surface area contributed by atoms with Crippen molar-refractivity contribution >= 4 is 28.5 Å². The highest BCUT2D eigenvalue weighted by Crippen LogP contribution is 2.30. The zero-order valence-corrected chi connectivity index (χ0v) is 22.0. The summed E-state index contributed by atoms with van der Waals surface area (Å²) in [7, 11) is 1.74. The van der Waals surface area contributed by atoms with E-state index >= 15 is 0 Å². The molecule has 0 aliphatic rings. The van der Waals surface area contributed by atoms with Crippen LogP contribution in [0.25, 0.3) is 22.2 Å². The Hall–Kier alpha value is -4.20. The molecule has 0 aliphatic heterocycles. The van der Waals surface area contributed by atoms with Crippen LogP contribution >= 0.6 is 0 Å². The van der Waals surface area contributed by atoms with Crippen LogP contribution in [-0.2, 0) is 23.1 Å². The Morgan fingerprint density at radius 2 is 1.74 bits per heavy atom. The summed E-state index contributed by atoms with van der Waals surface area (Å²) in [4.78, 5) is 40.7. The normalized spacial score (nSPS) is 11.8. The number of carbonyl (C=O) groups is 3. The van der Waals surface area contributed by atoms with Gasteiger partial charge in [0.2, 0.25) is 5.91 Å². The topological polar surface area (TPSA) is 109 Å². The van der Waals surface area contributed by atoms with E-state index in [4.69, 9.17) is 0 Å². The number of H-pyrrole nitrogens is 1. The summed E-state index contributed by atoms with van der Waals surface area (Å²) in [6.07, 6.45) is 5.68. The first-order valence-corrected chi connectivity index (χ1v) is 13.1. The Morgan fingerprint density at radius 1 is 0.974 bits per heavy atom. The van der Waals surface area contributed by atoms with E-state index in [1.807, 2.05) is 30.3 Å². The van der Waals surface area contributed by atoms with Crippen molar-refractivity contribution in [1.82, 2.24) is 25.4 Å². The number of rotatable bonds is 13. The maximum absolute atomic E-state index is 13.2. The highest BCUT2D eigenvalue weighted by Gasteiger charge is 2.22. The molecule has 38 heavy (non-hydrogen) atoms. The molecule has 4 rings (SSSR count). The minimum Gasteiger partial charge on any atom is -0.354 e. The first-order valence-electron chi connectivity index (χ1n) is 13.1. The Balaban J connectivity index is 1.43. The molecular formula is C30H35N5O3. The van der Waals surface area contributed by atoms with Gasteiger partial charge in [-0.25, -0.2) is 0 Å². The van der Waals surface area contributed by atoms with E-state index in [0.29, 0.717) is 25.8 Å². The zero-order chi connectivity index (χ0) is 26.9. The number of unbranched alkanes of at least 4 members (excludes halogenated alkanes) is 2. The highest BCUT2D eigenvalue weighted by atomic mass is 16.2. The lowest BCUT2D eigenvalue weighted by Gasteiger charge is -2.18. The largest absolute Gasteiger partial charge is 0.354 e. The van der Waals surface area contributed by atoms with Crippen molar-refractivity contribution in [3.63, 3.8) is 0 Å². The lowest BCUT2D eigenvalue weighted by molar-refractivity contribution is -0.123. The molecule has 0 aliphatic carbocycles. The zero-order valence-electron chi connectivity index (χ0n) is 22.0. The van der Waals surface area contributed by atoms with Crippen LogP contribution in [-0.4, -0.2) is 44.9 Å². The number of ketones is 1. The van der Waals surface area contributed by atoms with Gasteiger partial charge in [0.15, 0.2) is 0 Å². The molecule has 2 heterocycles. The summed E-state index contributed by atoms with van der Waals surface area (Å²) in [5, 5.41) is 11.2. The third kappa shape index (κ3) is 6.97. The third-order valence-electron chi connectivity index (χ3n) is 6.64. The van der Waals surface area contributed by atoms with Crippen molar-refractivity contribution in [1.29, 1.82) is 0 Å². The lowest BCUT2D eigenvalue weighted by Crippen LogP contribution is -2.47. The second-order valence-electron chi connectivity index (χ2n) is 9.63. The summed E-state index contributed by atoms with van der Waals surface area (Å²) < 4.78 is 1.55. The molecule has 0 unspecified atom stereocenters. The summed E-state index contributed by atoms with van der Waals surface area (Å²) >= 11 is 0.